The first-order valence-corrected chi connectivity index (χ1v) is 11.3. The van der Waals surface area contributed by atoms with Crippen LogP contribution < -0.4 is 9.47 Å². The Labute approximate surface area is 190 Å². The summed E-state index contributed by atoms with van der Waals surface area (Å²) >= 11 is 0. The van der Waals surface area contributed by atoms with Crippen LogP contribution in [-0.4, -0.2) is 38.6 Å². The maximum absolute atomic E-state index is 6.25. The van der Waals surface area contributed by atoms with E-state index in [0.717, 1.165) is 68.4 Å². The fourth-order valence-corrected chi connectivity index (χ4v) is 4.57. The standard InChI is InChI=1S/C28H22O5/c1-2-8-21-20(7-1)26-22(9-5-11-25(26)32-15-18-13-30-18)28-27(21)23(16-33-28)19-6-3-4-10-24(19)31-14-17-12-29-17/h1-11,16-18H,12-15H2. The first kappa shape index (κ1) is 19.0. The van der Waals surface area contributed by atoms with E-state index in [2.05, 4.69) is 36.4 Å². The molecule has 0 N–H and O–H groups in total. The van der Waals surface area contributed by atoms with E-state index in [0.29, 0.717) is 13.2 Å². The Morgan fingerprint density at radius 3 is 2.00 bits per heavy atom. The van der Waals surface area contributed by atoms with E-state index in [-0.39, 0.29) is 12.2 Å². The van der Waals surface area contributed by atoms with Gasteiger partial charge in [-0.1, -0.05) is 54.6 Å². The zero-order chi connectivity index (χ0) is 21.8. The molecule has 33 heavy (non-hydrogen) atoms. The molecule has 2 aliphatic rings. The van der Waals surface area contributed by atoms with Crippen molar-refractivity contribution >= 4 is 32.5 Å². The number of epoxide rings is 2. The van der Waals surface area contributed by atoms with Crippen LogP contribution in [0.25, 0.3) is 43.6 Å². The molecule has 5 aromatic rings. The van der Waals surface area contributed by atoms with Gasteiger partial charge in [-0.3, -0.25) is 0 Å². The van der Waals surface area contributed by atoms with E-state index in [1.54, 1.807) is 0 Å². The summed E-state index contributed by atoms with van der Waals surface area (Å²) in [6.45, 7) is 2.66. The number of furan rings is 1. The average Bonchev–Trinajstić information content (AvgIpc) is 3.80. The van der Waals surface area contributed by atoms with E-state index in [9.17, 15) is 0 Å². The second kappa shape index (κ2) is 7.51. The molecule has 5 nitrogen and oxygen atoms in total. The second-order valence-electron chi connectivity index (χ2n) is 8.61. The molecule has 3 heterocycles. The molecule has 2 unspecified atom stereocenters. The van der Waals surface area contributed by atoms with Gasteiger partial charge in [-0.25, -0.2) is 0 Å². The van der Waals surface area contributed by atoms with Crippen LogP contribution >= 0.6 is 0 Å². The van der Waals surface area contributed by atoms with E-state index >= 15 is 0 Å². The molecule has 2 fully saturated rings. The third kappa shape index (κ3) is 3.32. The second-order valence-corrected chi connectivity index (χ2v) is 8.61. The van der Waals surface area contributed by atoms with Crippen LogP contribution in [0.4, 0.5) is 0 Å². The van der Waals surface area contributed by atoms with Crippen molar-refractivity contribution in [2.45, 2.75) is 12.2 Å². The zero-order valence-corrected chi connectivity index (χ0v) is 18.0. The molecule has 0 bridgehead atoms. The lowest BCUT2D eigenvalue weighted by molar-refractivity contribution is 0.264. The maximum Gasteiger partial charge on any atom is 0.143 e. The quantitative estimate of drug-likeness (QED) is 0.232. The Morgan fingerprint density at radius 1 is 0.636 bits per heavy atom. The van der Waals surface area contributed by atoms with E-state index in [1.807, 2.05) is 36.6 Å². The van der Waals surface area contributed by atoms with Crippen molar-refractivity contribution in [1.82, 2.24) is 0 Å². The molecule has 2 atom stereocenters. The highest BCUT2D eigenvalue weighted by molar-refractivity contribution is 6.28. The van der Waals surface area contributed by atoms with Crippen molar-refractivity contribution in [2.75, 3.05) is 26.4 Å². The number of hydrogen-bond donors (Lipinski definition) is 0. The first-order valence-electron chi connectivity index (χ1n) is 11.3. The molecule has 0 radical (unpaired) electrons. The van der Waals surface area contributed by atoms with Gasteiger partial charge in [0.25, 0.3) is 0 Å². The molecule has 2 saturated heterocycles. The van der Waals surface area contributed by atoms with Gasteiger partial charge in [-0.2, -0.15) is 0 Å². The minimum atomic E-state index is 0.197. The summed E-state index contributed by atoms with van der Waals surface area (Å²) in [6.07, 6.45) is 2.24. The van der Waals surface area contributed by atoms with Crippen molar-refractivity contribution < 1.29 is 23.4 Å². The number of hydrogen-bond acceptors (Lipinski definition) is 5. The zero-order valence-electron chi connectivity index (χ0n) is 18.0. The largest absolute Gasteiger partial charge is 0.490 e. The number of benzene rings is 4. The number of rotatable bonds is 7. The highest BCUT2D eigenvalue weighted by Crippen LogP contribution is 2.45. The molecule has 0 aliphatic carbocycles. The van der Waals surface area contributed by atoms with Crippen LogP contribution in [0.2, 0.25) is 0 Å². The third-order valence-electron chi connectivity index (χ3n) is 6.36. The lowest BCUT2D eigenvalue weighted by atomic mass is 9.94. The SMILES string of the molecule is c1ccc(-c2coc3c4cccc(OCC5CO5)c4c4ccccc4c23)c(OCC2CO2)c1. The van der Waals surface area contributed by atoms with Gasteiger partial charge in [0, 0.05) is 27.3 Å². The number of para-hydroxylation sites is 1. The summed E-state index contributed by atoms with van der Waals surface area (Å²) in [6, 6.07) is 22.7. The lowest BCUT2D eigenvalue weighted by Crippen LogP contribution is -2.04. The molecule has 0 spiro atoms. The lowest BCUT2D eigenvalue weighted by Gasteiger charge is -2.13. The maximum atomic E-state index is 6.25. The van der Waals surface area contributed by atoms with Crippen molar-refractivity contribution in [3.63, 3.8) is 0 Å². The van der Waals surface area contributed by atoms with Crippen LogP contribution in [0.15, 0.2) is 77.4 Å². The number of fused-ring (bicyclic) bond motifs is 6. The molecular weight excluding hydrogens is 416 g/mol. The topological polar surface area (TPSA) is 56.7 Å². The predicted molar refractivity (Wildman–Crippen MR) is 127 cm³/mol. The van der Waals surface area contributed by atoms with Crippen molar-refractivity contribution in [2.24, 2.45) is 0 Å². The minimum absolute atomic E-state index is 0.197. The molecule has 1 aromatic heterocycles. The summed E-state index contributed by atoms with van der Waals surface area (Å²) < 4.78 is 29.2. The van der Waals surface area contributed by atoms with Gasteiger partial charge >= 0.3 is 0 Å². The summed E-state index contributed by atoms with van der Waals surface area (Å²) in [7, 11) is 0. The Kier molecular flexibility index (Phi) is 4.32. The van der Waals surface area contributed by atoms with Gasteiger partial charge < -0.3 is 23.4 Å². The summed E-state index contributed by atoms with van der Waals surface area (Å²) in [5.74, 6) is 1.69. The Morgan fingerprint density at radius 2 is 1.24 bits per heavy atom. The normalized spacial score (nSPS) is 19.3. The Bertz CT molecular complexity index is 1490. The summed E-state index contributed by atoms with van der Waals surface area (Å²) in [5.41, 5.74) is 2.89. The minimum Gasteiger partial charge on any atom is -0.490 e. The molecule has 4 aromatic carbocycles. The van der Waals surface area contributed by atoms with Crippen molar-refractivity contribution in [3.05, 3.63) is 73.0 Å². The van der Waals surface area contributed by atoms with E-state index in [1.165, 1.54) is 0 Å². The van der Waals surface area contributed by atoms with Gasteiger partial charge in [-0.05, 0) is 22.9 Å². The van der Waals surface area contributed by atoms with E-state index in [4.69, 9.17) is 23.4 Å². The summed E-state index contributed by atoms with van der Waals surface area (Å²) in [4.78, 5) is 0. The smallest absolute Gasteiger partial charge is 0.143 e. The molecule has 0 saturated carbocycles. The number of ether oxygens (including phenoxy) is 4. The third-order valence-corrected chi connectivity index (χ3v) is 6.36. The monoisotopic (exact) mass is 438 g/mol. The van der Waals surface area contributed by atoms with Gasteiger partial charge in [-0.15, -0.1) is 0 Å². The predicted octanol–water partition coefficient (Wildman–Crippen LogP) is 5.96. The van der Waals surface area contributed by atoms with Gasteiger partial charge in [0.1, 0.15) is 42.5 Å². The first-order chi connectivity index (χ1) is 16.4. The molecule has 164 valence electrons. The van der Waals surface area contributed by atoms with Gasteiger partial charge in [0.15, 0.2) is 0 Å². The van der Waals surface area contributed by atoms with Crippen LogP contribution in [0.3, 0.4) is 0 Å². The van der Waals surface area contributed by atoms with Crippen molar-refractivity contribution in [3.8, 4) is 22.6 Å². The van der Waals surface area contributed by atoms with Crippen LogP contribution in [0.1, 0.15) is 0 Å². The van der Waals surface area contributed by atoms with Crippen LogP contribution in [-0.2, 0) is 9.47 Å². The van der Waals surface area contributed by atoms with Crippen LogP contribution in [0.5, 0.6) is 11.5 Å². The Hall–Kier alpha value is -3.54. The molecule has 2 aliphatic heterocycles. The fraction of sp³-hybridized carbons (Fsp3) is 0.214. The average molecular weight is 438 g/mol. The molecule has 0 amide bonds. The molecule has 5 heteroatoms. The molecular formula is C28H22O5. The summed E-state index contributed by atoms with van der Waals surface area (Å²) in [5, 5.41) is 5.45. The Balaban J connectivity index is 1.46. The van der Waals surface area contributed by atoms with Gasteiger partial charge in [0.2, 0.25) is 0 Å². The fourth-order valence-electron chi connectivity index (χ4n) is 4.57. The van der Waals surface area contributed by atoms with E-state index < -0.39 is 0 Å². The highest BCUT2D eigenvalue weighted by atomic mass is 16.6. The highest BCUT2D eigenvalue weighted by Gasteiger charge is 2.26. The van der Waals surface area contributed by atoms with Gasteiger partial charge in [0.05, 0.1) is 19.5 Å². The molecule has 7 rings (SSSR count). The van der Waals surface area contributed by atoms with Crippen molar-refractivity contribution in [1.29, 1.82) is 0 Å². The van der Waals surface area contributed by atoms with Crippen LogP contribution in [0, 0.1) is 0 Å².